The van der Waals surface area contributed by atoms with E-state index in [1.165, 1.54) is 10.5 Å². The van der Waals surface area contributed by atoms with E-state index < -0.39 is 5.54 Å². The van der Waals surface area contributed by atoms with E-state index in [0.717, 1.165) is 37.3 Å². The molecule has 0 radical (unpaired) electrons. The summed E-state index contributed by atoms with van der Waals surface area (Å²) in [4.78, 5) is 34.9. The minimum atomic E-state index is -0.756. The van der Waals surface area contributed by atoms with Crippen molar-refractivity contribution in [3.63, 3.8) is 0 Å². The molecular formula is C19H25N5O2. The predicted molar refractivity (Wildman–Crippen MR) is 99.2 cm³/mol. The van der Waals surface area contributed by atoms with Crippen LogP contribution in [0.2, 0.25) is 0 Å². The van der Waals surface area contributed by atoms with Crippen molar-refractivity contribution < 1.29 is 9.59 Å². The van der Waals surface area contributed by atoms with Crippen molar-refractivity contribution in [2.75, 3.05) is 25.0 Å². The van der Waals surface area contributed by atoms with Gasteiger partial charge in [0, 0.05) is 26.2 Å². The molecule has 7 heteroatoms. The molecule has 0 unspecified atom stereocenters. The van der Waals surface area contributed by atoms with E-state index >= 15 is 0 Å². The average molecular weight is 355 g/mol. The number of aryl methyl sites for hydroxylation is 1. The summed E-state index contributed by atoms with van der Waals surface area (Å²) < 4.78 is 2.09. The standard InChI is InChI=1S/C19H25N5O2/c1-13-9-15-11-20-12-23(15)16(10-13)22-7-5-14(6-8-22)24-17(25)19(2,3)21(4)18(24)26/h9-12,14H,5-8H2,1-4H3. The Labute approximate surface area is 153 Å². The Morgan fingerprint density at radius 3 is 2.46 bits per heavy atom. The Morgan fingerprint density at radius 2 is 1.85 bits per heavy atom. The third kappa shape index (κ3) is 2.37. The zero-order valence-electron chi connectivity index (χ0n) is 15.8. The predicted octanol–water partition coefficient (Wildman–Crippen LogP) is 2.28. The fourth-order valence-corrected chi connectivity index (χ4v) is 4.00. The van der Waals surface area contributed by atoms with Gasteiger partial charge in [0.1, 0.15) is 17.7 Å². The van der Waals surface area contributed by atoms with Crippen LogP contribution in [0.1, 0.15) is 32.3 Å². The van der Waals surface area contributed by atoms with Gasteiger partial charge in [0.15, 0.2) is 0 Å². The molecular weight excluding hydrogens is 330 g/mol. The van der Waals surface area contributed by atoms with Gasteiger partial charge in [-0.05, 0) is 51.3 Å². The number of carbonyl (C=O) groups is 2. The van der Waals surface area contributed by atoms with Gasteiger partial charge in [-0.2, -0.15) is 0 Å². The van der Waals surface area contributed by atoms with Crippen LogP contribution in [0.4, 0.5) is 10.6 Å². The molecule has 7 nitrogen and oxygen atoms in total. The zero-order chi connectivity index (χ0) is 18.6. The van der Waals surface area contributed by atoms with E-state index in [-0.39, 0.29) is 18.0 Å². The van der Waals surface area contributed by atoms with Crippen molar-refractivity contribution in [1.29, 1.82) is 0 Å². The van der Waals surface area contributed by atoms with Gasteiger partial charge in [-0.25, -0.2) is 9.78 Å². The number of anilines is 1. The maximum absolute atomic E-state index is 12.7. The Bertz CT molecular complexity index is 879. The fourth-order valence-electron chi connectivity index (χ4n) is 4.00. The van der Waals surface area contributed by atoms with Crippen LogP contribution in [-0.2, 0) is 4.79 Å². The molecule has 2 aromatic heterocycles. The van der Waals surface area contributed by atoms with Crippen LogP contribution in [0.3, 0.4) is 0 Å². The molecule has 2 aromatic rings. The van der Waals surface area contributed by atoms with E-state index in [2.05, 4.69) is 33.3 Å². The van der Waals surface area contributed by atoms with Crippen molar-refractivity contribution in [2.45, 2.75) is 45.2 Å². The SMILES string of the molecule is Cc1cc(N2CCC(N3C(=O)N(C)C(C)(C)C3=O)CC2)n2cncc2c1. The van der Waals surface area contributed by atoms with E-state index in [9.17, 15) is 9.59 Å². The number of hydrogen-bond donors (Lipinski definition) is 0. The summed E-state index contributed by atoms with van der Waals surface area (Å²) in [5.41, 5.74) is 1.52. The first kappa shape index (κ1) is 16.9. The van der Waals surface area contributed by atoms with E-state index in [1.54, 1.807) is 11.9 Å². The number of urea groups is 1. The number of piperidine rings is 1. The van der Waals surface area contributed by atoms with Crippen molar-refractivity contribution in [3.8, 4) is 0 Å². The number of hydrogen-bond acceptors (Lipinski definition) is 4. The largest absolute Gasteiger partial charge is 0.358 e. The molecule has 4 rings (SSSR count). The molecule has 0 saturated carbocycles. The third-order valence-electron chi connectivity index (χ3n) is 5.87. The molecule has 4 heterocycles. The van der Waals surface area contributed by atoms with Crippen LogP contribution in [-0.4, -0.2) is 62.8 Å². The molecule has 138 valence electrons. The van der Waals surface area contributed by atoms with Crippen molar-refractivity contribution in [3.05, 3.63) is 30.2 Å². The lowest BCUT2D eigenvalue weighted by molar-refractivity contribution is -0.133. The smallest absolute Gasteiger partial charge is 0.327 e. The van der Waals surface area contributed by atoms with Gasteiger partial charge in [0.25, 0.3) is 5.91 Å². The number of carbonyl (C=O) groups excluding carboxylic acids is 2. The van der Waals surface area contributed by atoms with Gasteiger partial charge < -0.3 is 9.80 Å². The van der Waals surface area contributed by atoms with Crippen molar-refractivity contribution in [1.82, 2.24) is 19.2 Å². The highest BCUT2D eigenvalue weighted by molar-refractivity contribution is 6.06. The van der Waals surface area contributed by atoms with Gasteiger partial charge in [0.2, 0.25) is 0 Å². The minimum Gasteiger partial charge on any atom is -0.358 e. The topological polar surface area (TPSA) is 61.2 Å². The third-order valence-corrected chi connectivity index (χ3v) is 5.87. The van der Waals surface area contributed by atoms with Crippen molar-refractivity contribution in [2.24, 2.45) is 0 Å². The van der Waals surface area contributed by atoms with Gasteiger partial charge in [-0.3, -0.25) is 14.1 Å². The highest BCUT2D eigenvalue weighted by Crippen LogP contribution is 2.32. The molecule has 26 heavy (non-hydrogen) atoms. The second-order valence-electron chi connectivity index (χ2n) is 7.87. The molecule has 2 aliphatic heterocycles. The van der Waals surface area contributed by atoms with Crippen molar-refractivity contribution >= 4 is 23.3 Å². The first-order valence-corrected chi connectivity index (χ1v) is 9.10. The quantitative estimate of drug-likeness (QED) is 0.776. The monoisotopic (exact) mass is 355 g/mol. The maximum atomic E-state index is 12.7. The lowest BCUT2D eigenvalue weighted by atomic mass is 10.0. The molecule has 0 aromatic carbocycles. The molecule has 0 atom stereocenters. The summed E-state index contributed by atoms with van der Waals surface area (Å²) in [7, 11) is 1.71. The normalized spacial score (nSPS) is 21.3. The maximum Gasteiger partial charge on any atom is 0.327 e. The minimum absolute atomic E-state index is 0.0291. The number of rotatable bonds is 2. The molecule has 2 aliphatic rings. The number of aromatic nitrogens is 2. The highest BCUT2D eigenvalue weighted by Gasteiger charge is 2.51. The molecule has 0 bridgehead atoms. The molecule has 0 N–H and O–H groups in total. The van der Waals surface area contributed by atoms with Crippen LogP contribution in [0.15, 0.2) is 24.7 Å². The van der Waals surface area contributed by atoms with Crippen LogP contribution in [0, 0.1) is 6.92 Å². The van der Waals surface area contributed by atoms with E-state index in [0.29, 0.717) is 0 Å². The number of amides is 3. The summed E-state index contributed by atoms with van der Waals surface area (Å²) in [6, 6.07) is 4.07. The summed E-state index contributed by atoms with van der Waals surface area (Å²) >= 11 is 0. The van der Waals surface area contributed by atoms with Crippen LogP contribution >= 0.6 is 0 Å². The van der Waals surface area contributed by atoms with Crippen LogP contribution in [0.5, 0.6) is 0 Å². The Balaban J connectivity index is 1.54. The Morgan fingerprint density at radius 1 is 1.15 bits per heavy atom. The first-order valence-electron chi connectivity index (χ1n) is 9.10. The molecule has 0 spiro atoms. The number of nitrogens with zero attached hydrogens (tertiary/aromatic N) is 5. The van der Waals surface area contributed by atoms with E-state index in [4.69, 9.17) is 0 Å². The fraction of sp³-hybridized carbons (Fsp3) is 0.526. The number of pyridine rings is 1. The second-order valence-corrected chi connectivity index (χ2v) is 7.87. The lowest BCUT2D eigenvalue weighted by Gasteiger charge is -2.37. The number of imide groups is 1. The summed E-state index contributed by atoms with van der Waals surface area (Å²) in [5.74, 6) is 1.03. The number of likely N-dealkylation sites (N-methyl/N-ethyl adjacent to an activating group) is 1. The molecule has 0 aliphatic carbocycles. The molecule has 3 amide bonds. The highest BCUT2D eigenvalue weighted by atomic mass is 16.2. The first-order chi connectivity index (χ1) is 12.3. The van der Waals surface area contributed by atoms with E-state index in [1.807, 2.05) is 26.4 Å². The Hall–Kier alpha value is -2.57. The Kier molecular flexibility index (Phi) is 3.71. The summed E-state index contributed by atoms with van der Waals surface area (Å²) in [6.07, 6.45) is 5.26. The summed E-state index contributed by atoms with van der Waals surface area (Å²) in [5, 5.41) is 0. The number of imidazole rings is 1. The molecule has 2 saturated heterocycles. The van der Waals surface area contributed by atoms with Gasteiger partial charge in [-0.1, -0.05) is 0 Å². The molecule has 2 fully saturated rings. The number of fused-ring (bicyclic) bond motifs is 1. The lowest BCUT2D eigenvalue weighted by Crippen LogP contribution is -2.49. The second kappa shape index (κ2) is 5.72. The van der Waals surface area contributed by atoms with Gasteiger partial charge in [-0.15, -0.1) is 0 Å². The van der Waals surface area contributed by atoms with Crippen LogP contribution < -0.4 is 4.90 Å². The average Bonchev–Trinajstić information content (AvgIpc) is 3.13. The van der Waals surface area contributed by atoms with Crippen LogP contribution in [0.25, 0.3) is 5.52 Å². The van der Waals surface area contributed by atoms with Gasteiger partial charge >= 0.3 is 6.03 Å². The zero-order valence-corrected chi connectivity index (χ0v) is 15.8. The summed E-state index contributed by atoms with van der Waals surface area (Å²) in [6.45, 7) is 7.32. The van der Waals surface area contributed by atoms with Gasteiger partial charge in [0.05, 0.1) is 11.7 Å².